The van der Waals surface area contributed by atoms with E-state index in [-0.39, 0.29) is 5.88 Å². The highest BCUT2D eigenvalue weighted by atomic mass is 16.3. The molecule has 1 N–H and O–H groups in total. The fraction of sp³-hybridized carbons (Fsp3) is 0.222. The first kappa shape index (κ1) is 7.16. The van der Waals surface area contributed by atoms with Crippen LogP contribution in [0.3, 0.4) is 0 Å². The van der Waals surface area contributed by atoms with Gasteiger partial charge in [0.1, 0.15) is 0 Å². The Morgan fingerprint density at radius 1 is 1.50 bits per heavy atom. The van der Waals surface area contributed by atoms with Gasteiger partial charge in [-0.05, 0) is 13.0 Å². The maximum atomic E-state index is 9.20. The van der Waals surface area contributed by atoms with Crippen molar-refractivity contribution in [2.24, 2.45) is 7.05 Å². The Balaban J connectivity index is 2.93. The van der Waals surface area contributed by atoms with E-state index in [4.69, 9.17) is 0 Å². The molecule has 2 rings (SSSR count). The fourth-order valence-electron chi connectivity index (χ4n) is 1.53. The number of nitrogens with zero attached hydrogens (tertiary/aromatic N) is 2. The molecule has 2 aromatic rings. The van der Waals surface area contributed by atoms with Crippen LogP contribution >= 0.6 is 0 Å². The Bertz CT molecular complexity index is 431. The van der Waals surface area contributed by atoms with E-state index in [1.807, 2.05) is 30.8 Å². The van der Waals surface area contributed by atoms with E-state index < -0.39 is 0 Å². The van der Waals surface area contributed by atoms with E-state index in [0.29, 0.717) is 0 Å². The van der Waals surface area contributed by atoms with Gasteiger partial charge in [-0.2, -0.15) is 0 Å². The van der Waals surface area contributed by atoms with Gasteiger partial charge in [-0.15, -0.1) is 0 Å². The highest BCUT2D eigenvalue weighted by Gasteiger charge is 2.03. The largest absolute Gasteiger partial charge is 0.493 e. The highest BCUT2D eigenvalue weighted by Crippen LogP contribution is 2.20. The van der Waals surface area contributed by atoms with E-state index in [1.54, 1.807) is 6.07 Å². The Morgan fingerprint density at radius 3 is 3.00 bits per heavy atom. The predicted molar refractivity (Wildman–Crippen MR) is 47.1 cm³/mol. The summed E-state index contributed by atoms with van der Waals surface area (Å²) in [4.78, 5) is 3.97. The molecule has 0 saturated heterocycles. The van der Waals surface area contributed by atoms with E-state index >= 15 is 0 Å². The van der Waals surface area contributed by atoms with Gasteiger partial charge in [-0.1, -0.05) is 0 Å². The van der Waals surface area contributed by atoms with Crippen molar-refractivity contribution in [3.05, 3.63) is 24.0 Å². The van der Waals surface area contributed by atoms with Crippen molar-refractivity contribution in [2.75, 3.05) is 0 Å². The summed E-state index contributed by atoms with van der Waals surface area (Å²) in [6, 6.07) is 3.63. The summed E-state index contributed by atoms with van der Waals surface area (Å²) in [6.45, 7) is 1.89. The van der Waals surface area contributed by atoms with Crippen LogP contribution in [0, 0.1) is 6.92 Å². The molecule has 3 nitrogen and oxygen atoms in total. The van der Waals surface area contributed by atoms with Crippen LogP contribution in [0.15, 0.2) is 18.3 Å². The Labute approximate surface area is 70.3 Å². The van der Waals surface area contributed by atoms with Gasteiger partial charge in [0.25, 0.3) is 0 Å². The number of aromatic hydroxyl groups is 1. The number of fused-ring (bicyclic) bond motifs is 1. The van der Waals surface area contributed by atoms with E-state index in [9.17, 15) is 5.11 Å². The lowest BCUT2D eigenvalue weighted by atomic mass is 10.2. The third kappa shape index (κ3) is 0.863. The molecule has 0 unspecified atom stereocenters. The molecule has 0 fully saturated rings. The lowest BCUT2D eigenvalue weighted by Gasteiger charge is -2.00. The molecule has 0 aliphatic carbocycles. The average Bonchev–Trinajstić information content (AvgIpc) is 2.31. The van der Waals surface area contributed by atoms with E-state index in [0.717, 1.165) is 16.6 Å². The first-order valence-corrected chi connectivity index (χ1v) is 3.80. The first-order chi connectivity index (χ1) is 5.68. The van der Waals surface area contributed by atoms with Crippen LogP contribution in [0.2, 0.25) is 0 Å². The van der Waals surface area contributed by atoms with Crippen molar-refractivity contribution in [3.8, 4) is 5.88 Å². The minimum absolute atomic E-state index is 0.0891. The molecule has 0 saturated carbocycles. The zero-order chi connectivity index (χ0) is 8.72. The van der Waals surface area contributed by atoms with Crippen LogP contribution in [-0.2, 0) is 7.05 Å². The third-order valence-electron chi connectivity index (χ3n) is 2.01. The molecule has 0 amide bonds. The van der Waals surface area contributed by atoms with E-state index in [1.165, 1.54) is 0 Å². The molecule has 3 heteroatoms. The summed E-state index contributed by atoms with van der Waals surface area (Å²) in [7, 11) is 1.97. The zero-order valence-corrected chi connectivity index (χ0v) is 7.07. The highest BCUT2D eigenvalue weighted by molar-refractivity contribution is 5.82. The molecule has 12 heavy (non-hydrogen) atoms. The maximum Gasteiger partial charge on any atom is 0.211 e. The molecule has 0 aliphatic heterocycles. The normalized spacial score (nSPS) is 10.8. The molecule has 0 aromatic carbocycles. The van der Waals surface area contributed by atoms with Crippen LogP contribution in [0.5, 0.6) is 5.88 Å². The van der Waals surface area contributed by atoms with Crippen molar-refractivity contribution in [1.82, 2.24) is 9.55 Å². The molecule has 0 atom stereocenters. The summed E-state index contributed by atoms with van der Waals surface area (Å²) in [6.07, 6.45) is 1.96. The number of aryl methyl sites for hydroxylation is 2. The fourth-order valence-corrected chi connectivity index (χ4v) is 1.53. The van der Waals surface area contributed by atoms with Gasteiger partial charge < -0.3 is 9.67 Å². The molecular formula is C9H10N2O. The zero-order valence-electron chi connectivity index (χ0n) is 7.07. The molecule has 0 bridgehead atoms. The van der Waals surface area contributed by atoms with Gasteiger partial charge in [0.2, 0.25) is 5.88 Å². The summed E-state index contributed by atoms with van der Waals surface area (Å²) in [5.74, 6) is 0.0891. The number of aromatic nitrogens is 2. The van der Waals surface area contributed by atoms with Crippen LogP contribution in [0.4, 0.5) is 0 Å². The molecule has 2 aromatic heterocycles. The lowest BCUT2D eigenvalue weighted by molar-refractivity contribution is 0.453. The van der Waals surface area contributed by atoms with E-state index in [2.05, 4.69) is 4.98 Å². The standard InChI is InChI=1S/C9H10N2O/c1-6-9-7(3-4-11(9)2)5-8(12)10-6/h3-5H,1-2H3,(H,10,12). The number of rotatable bonds is 0. The molecule has 0 spiro atoms. The topological polar surface area (TPSA) is 38.1 Å². The van der Waals surface area contributed by atoms with Crippen molar-refractivity contribution in [1.29, 1.82) is 0 Å². The molecule has 0 aliphatic rings. The first-order valence-electron chi connectivity index (χ1n) is 3.80. The molecule has 62 valence electrons. The summed E-state index contributed by atoms with van der Waals surface area (Å²) in [5.41, 5.74) is 1.94. The van der Waals surface area contributed by atoms with Crippen LogP contribution in [-0.4, -0.2) is 14.7 Å². The van der Waals surface area contributed by atoms with Gasteiger partial charge in [0.15, 0.2) is 0 Å². The quantitative estimate of drug-likeness (QED) is 0.638. The minimum Gasteiger partial charge on any atom is -0.493 e. The summed E-state index contributed by atoms with van der Waals surface area (Å²) < 4.78 is 2.00. The van der Waals surface area contributed by atoms with Crippen molar-refractivity contribution >= 4 is 10.9 Å². The van der Waals surface area contributed by atoms with Crippen LogP contribution < -0.4 is 0 Å². The SMILES string of the molecule is Cc1nc(O)cc2ccn(C)c12. The van der Waals surface area contributed by atoms with Gasteiger partial charge in [0.05, 0.1) is 11.2 Å². The molecule has 2 heterocycles. The van der Waals surface area contributed by atoms with Crippen molar-refractivity contribution < 1.29 is 5.11 Å². The number of hydrogen-bond donors (Lipinski definition) is 1. The Kier molecular flexibility index (Phi) is 1.33. The van der Waals surface area contributed by atoms with Crippen LogP contribution in [0.1, 0.15) is 5.69 Å². The Morgan fingerprint density at radius 2 is 2.25 bits per heavy atom. The minimum atomic E-state index is 0.0891. The van der Waals surface area contributed by atoms with Gasteiger partial charge in [-0.3, -0.25) is 0 Å². The monoisotopic (exact) mass is 162 g/mol. The summed E-state index contributed by atoms with van der Waals surface area (Å²) in [5, 5.41) is 10.2. The van der Waals surface area contributed by atoms with Gasteiger partial charge >= 0.3 is 0 Å². The second-order valence-electron chi connectivity index (χ2n) is 2.93. The number of pyridine rings is 1. The smallest absolute Gasteiger partial charge is 0.211 e. The second-order valence-corrected chi connectivity index (χ2v) is 2.93. The lowest BCUT2D eigenvalue weighted by Crippen LogP contribution is -1.89. The average molecular weight is 162 g/mol. The Hall–Kier alpha value is -1.51. The second kappa shape index (κ2) is 2.24. The molecular weight excluding hydrogens is 152 g/mol. The summed E-state index contributed by atoms with van der Waals surface area (Å²) >= 11 is 0. The molecule has 0 radical (unpaired) electrons. The van der Waals surface area contributed by atoms with Gasteiger partial charge in [-0.25, -0.2) is 4.98 Å². The van der Waals surface area contributed by atoms with Crippen LogP contribution in [0.25, 0.3) is 10.9 Å². The van der Waals surface area contributed by atoms with Crippen molar-refractivity contribution in [3.63, 3.8) is 0 Å². The van der Waals surface area contributed by atoms with Crippen molar-refractivity contribution in [2.45, 2.75) is 6.92 Å². The van der Waals surface area contributed by atoms with Gasteiger partial charge in [0, 0.05) is 24.7 Å². The maximum absolute atomic E-state index is 9.20. The third-order valence-corrected chi connectivity index (χ3v) is 2.01. The predicted octanol–water partition coefficient (Wildman–Crippen LogP) is 1.59. The number of hydrogen-bond acceptors (Lipinski definition) is 2.